The van der Waals surface area contributed by atoms with Crippen molar-refractivity contribution < 1.29 is 4.74 Å². The molecule has 1 atom stereocenters. The maximum Gasteiger partial charge on any atom is 0.125 e. The Morgan fingerprint density at radius 1 is 1.39 bits per heavy atom. The zero-order valence-corrected chi connectivity index (χ0v) is 12.6. The number of halogens is 1. The van der Waals surface area contributed by atoms with Crippen molar-refractivity contribution in [3.8, 4) is 5.75 Å². The van der Waals surface area contributed by atoms with Crippen LogP contribution in [0.1, 0.15) is 44.7 Å². The number of nitrogens with one attached hydrogen (secondary N) is 1. The van der Waals surface area contributed by atoms with E-state index in [1.807, 2.05) is 0 Å². The molecule has 1 heterocycles. The number of rotatable bonds is 2. The van der Waals surface area contributed by atoms with Gasteiger partial charge in [0, 0.05) is 22.5 Å². The van der Waals surface area contributed by atoms with Crippen molar-refractivity contribution >= 4 is 15.9 Å². The van der Waals surface area contributed by atoms with Gasteiger partial charge in [-0.3, -0.25) is 0 Å². The predicted molar refractivity (Wildman–Crippen MR) is 76.9 cm³/mol. The highest BCUT2D eigenvalue weighted by Gasteiger charge is 2.48. The smallest absolute Gasteiger partial charge is 0.125 e. The molecule has 1 aromatic carbocycles. The van der Waals surface area contributed by atoms with E-state index in [0.29, 0.717) is 6.04 Å². The Kier molecular flexibility index (Phi) is 3.15. The van der Waals surface area contributed by atoms with Crippen molar-refractivity contribution in [1.82, 2.24) is 5.32 Å². The lowest BCUT2D eigenvalue weighted by Crippen LogP contribution is -2.52. The van der Waals surface area contributed by atoms with E-state index < -0.39 is 0 Å². The third kappa shape index (κ3) is 2.08. The molecule has 0 saturated heterocycles. The Morgan fingerprint density at radius 2 is 2.17 bits per heavy atom. The van der Waals surface area contributed by atoms with Crippen LogP contribution >= 0.6 is 15.9 Å². The zero-order valence-electron chi connectivity index (χ0n) is 11.0. The van der Waals surface area contributed by atoms with Gasteiger partial charge in [0.05, 0.1) is 0 Å². The SMILES string of the molecule is CCNC1CC2(CC(C)C2)Oc2ccc(Br)cc21. The summed E-state index contributed by atoms with van der Waals surface area (Å²) in [6.45, 7) is 5.49. The molecule has 1 aromatic rings. The first-order chi connectivity index (χ1) is 8.62. The summed E-state index contributed by atoms with van der Waals surface area (Å²) in [5.74, 6) is 1.88. The van der Waals surface area contributed by atoms with Crippen molar-refractivity contribution in [3.63, 3.8) is 0 Å². The molecular weight excluding hydrogens is 290 g/mol. The number of hydrogen-bond donors (Lipinski definition) is 1. The van der Waals surface area contributed by atoms with Crippen LogP contribution in [-0.4, -0.2) is 12.1 Å². The highest BCUT2D eigenvalue weighted by atomic mass is 79.9. The standard InChI is InChI=1S/C15H20BrNO/c1-3-17-13-9-15(7-10(2)8-15)18-14-5-4-11(16)6-12(13)14/h4-6,10,13,17H,3,7-9H2,1-2H3. The van der Waals surface area contributed by atoms with Crippen LogP contribution in [0.5, 0.6) is 5.75 Å². The molecule has 98 valence electrons. The lowest BCUT2D eigenvalue weighted by molar-refractivity contribution is -0.0688. The van der Waals surface area contributed by atoms with Gasteiger partial charge in [0.25, 0.3) is 0 Å². The van der Waals surface area contributed by atoms with E-state index in [1.54, 1.807) is 0 Å². The minimum atomic E-state index is 0.104. The maximum atomic E-state index is 6.30. The summed E-state index contributed by atoms with van der Waals surface area (Å²) >= 11 is 3.55. The maximum absolute atomic E-state index is 6.30. The minimum Gasteiger partial charge on any atom is -0.487 e. The van der Waals surface area contributed by atoms with Gasteiger partial charge in [0.15, 0.2) is 0 Å². The summed E-state index contributed by atoms with van der Waals surface area (Å²) in [7, 11) is 0. The summed E-state index contributed by atoms with van der Waals surface area (Å²) in [6.07, 6.45) is 3.50. The van der Waals surface area contributed by atoms with Crippen molar-refractivity contribution in [2.24, 2.45) is 5.92 Å². The monoisotopic (exact) mass is 309 g/mol. The molecule has 1 fully saturated rings. The van der Waals surface area contributed by atoms with Crippen molar-refractivity contribution in [2.75, 3.05) is 6.54 Å². The molecule has 1 saturated carbocycles. The zero-order chi connectivity index (χ0) is 12.8. The molecule has 0 radical (unpaired) electrons. The second-order valence-electron chi connectivity index (χ2n) is 5.80. The summed E-state index contributed by atoms with van der Waals surface area (Å²) in [4.78, 5) is 0. The van der Waals surface area contributed by atoms with Crippen molar-refractivity contribution in [1.29, 1.82) is 0 Å². The number of ether oxygens (including phenoxy) is 1. The molecule has 0 bridgehead atoms. The predicted octanol–water partition coefficient (Wildman–Crippen LogP) is 4.05. The summed E-state index contributed by atoms with van der Waals surface area (Å²) in [5.41, 5.74) is 1.41. The average Bonchev–Trinajstić information content (AvgIpc) is 2.29. The van der Waals surface area contributed by atoms with Crippen LogP contribution in [-0.2, 0) is 0 Å². The molecule has 3 heteroatoms. The number of fused-ring (bicyclic) bond motifs is 1. The Hall–Kier alpha value is -0.540. The first-order valence-electron chi connectivity index (χ1n) is 6.84. The Morgan fingerprint density at radius 3 is 2.83 bits per heavy atom. The first kappa shape index (κ1) is 12.5. The molecule has 1 aliphatic carbocycles. The highest BCUT2D eigenvalue weighted by Crippen LogP contribution is 2.51. The van der Waals surface area contributed by atoms with Gasteiger partial charge in [-0.05, 0) is 43.5 Å². The van der Waals surface area contributed by atoms with Crippen LogP contribution in [0.25, 0.3) is 0 Å². The number of hydrogen-bond acceptors (Lipinski definition) is 2. The fourth-order valence-electron chi connectivity index (χ4n) is 3.53. The van der Waals surface area contributed by atoms with E-state index in [2.05, 4.69) is 53.3 Å². The molecule has 2 nitrogen and oxygen atoms in total. The van der Waals surface area contributed by atoms with Crippen LogP contribution in [0.2, 0.25) is 0 Å². The summed E-state index contributed by atoms with van der Waals surface area (Å²) < 4.78 is 7.43. The van der Waals surface area contributed by atoms with Crippen LogP contribution in [0.4, 0.5) is 0 Å². The van der Waals surface area contributed by atoms with Gasteiger partial charge in [-0.1, -0.05) is 29.8 Å². The Balaban J connectivity index is 1.93. The van der Waals surface area contributed by atoms with E-state index in [0.717, 1.165) is 29.1 Å². The van der Waals surface area contributed by atoms with Gasteiger partial charge >= 0.3 is 0 Å². The lowest BCUT2D eigenvalue weighted by Gasteiger charge is -2.51. The molecule has 0 amide bonds. The molecule has 1 N–H and O–H groups in total. The van der Waals surface area contributed by atoms with E-state index in [9.17, 15) is 0 Å². The van der Waals surface area contributed by atoms with Gasteiger partial charge in [-0.15, -0.1) is 0 Å². The van der Waals surface area contributed by atoms with Crippen LogP contribution in [0.15, 0.2) is 22.7 Å². The Bertz CT molecular complexity index is 454. The van der Waals surface area contributed by atoms with Crippen LogP contribution in [0, 0.1) is 5.92 Å². The first-order valence-corrected chi connectivity index (χ1v) is 7.63. The largest absolute Gasteiger partial charge is 0.487 e. The quantitative estimate of drug-likeness (QED) is 0.890. The second-order valence-corrected chi connectivity index (χ2v) is 6.71. The summed E-state index contributed by atoms with van der Waals surface area (Å²) in [5, 5.41) is 3.61. The third-order valence-electron chi connectivity index (χ3n) is 4.14. The lowest BCUT2D eigenvalue weighted by atomic mass is 9.67. The van der Waals surface area contributed by atoms with Crippen LogP contribution in [0.3, 0.4) is 0 Å². The normalized spacial score (nSPS) is 33.7. The highest BCUT2D eigenvalue weighted by molar-refractivity contribution is 9.10. The van der Waals surface area contributed by atoms with Gasteiger partial charge in [0.1, 0.15) is 11.4 Å². The molecule has 1 unspecified atom stereocenters. The fraction of sp³-hybridized carbons (Fsp3) is 0.600. The van der Waals surface area contributed by atoms with E-state index in [1.165, 1.54) is 18.4 Å². The van der Waals surface area contributed by atoms with Gasteiger partial charge in [0.2, 0.25) is 0 Å². The molecule has 18 heavy (non-hydrogen) atoms. The molecular formula is C15H20BrNO. The second kappa shape index (κ2) is 4.53. The topological polar surface area (TPSA) is 21.3 Å². The number of benzene rings is 1. The third-order valence-corrected chi connectivity index (χ3v) is 4.63. The van der Waals surface area contributed by atoms with Gasteiger partial charge in [-0.25, -0.2) is 0 Å². The van der Waals surface area contributed by atoms with E-state index >= 15 is 0 Å². The van der Waals surface area contributed by atoms with Gasteiger partial charge in [-0.2, -0.15) is 0 Å². The molecule has 2 aliphatic rings. The molecule has 1 aliphatic heterocycles. The molecule has 1 spiro atoms. The van der Waals surface area contributed by atoms with E-state index in [-0.39, 0.29) is 5.60 Å². The minimum absolute atomic E-state index is 0.104. The average molecular weight is 310 g/mol. The Labute approximate surface area is 117 Å². The van der Waals surface area contributed by atoms with Gasteiger partial charge < -0.3 is 10.1 Å². The molecule has 0 aromatic heterocycles. The summed E-state index contributed by atoms with van der Waals surface area (Å²) in [6, 6.07) is 6.80. The van der Waals surface area contributed by atoms with E-state index in [4.69, 9.17) is 4.74 Å². The van der Waals surface area contributed by atoms with Crippen molar-refractivity contribution in [2.45, 2.75) is 44.8 Å². The van der Waals surface area contributed by atoms with Crippen molar-refractivity contribution in [3.05, 3.63) is 28.2 Å². The fourth-order valence-corrected chi connectivity index (χ4v) is 3.91. The molecule has 3 rings (SSSR count). The van der Waals surface area contributed by atoms with Crippen LogP contribution < -0.4 is 10.1 Å².